The van der Waals surface area contributed by atoms with Crippen molar-refractivity contribution in [2.24, 2.45) is 5.73 Å². The second-order valence-electron chi connectivity index (χ2n) is 3.78. The summed E-state index contributed by atoms with van der Waals surface area (Å²) in [6.45, 7) is -0.0793. The Morgan fingerprint density at radius 1 is 1.64 bits per heavy atom. The second kappa shape index (κ2) is 4.04. The Hall–Kier alpha value is -0.320. The van der Waals surface area contributed by atoms with E-state index in [1.807, 2.05) is 6.07 Å². The Morgan fingerprint density at radius 2 is 2.36 bits per heavy atom. The zero-order valence-electron chi connectivity index (χ0n) is 7.87. The van der Waals surface area contributed by atoms with E-state index in [1.165, 1.54) is 19.3 Å². The van der Waals surface area contributed by atoms with E-state index >= 15 is 0 Å². The van der Waals surface area contributed by atoms with Crippen molar-refractivity contribution in [1.29, 1.82) is 0 Å². The van der Waals surface area contributed by atoms with Gasteiger partial charge in [0, 0.05) is 5.92 Å². The standard InChI is InChI=1S/C10H14BrNO2/c11-7-4-9(8(12)5-13)14-10(7)6-2-1-3-6/h4,6,8,13H,1-3,5,12H2. The van der Waals surface area contributed by atoms with E-state index in [4.69, 9.17) is 15.3 Å². The summed E-state index contributed by atoms with van der Waals surface area (Å²) in [7, 11) is 0. The molecule has 3 N–H and O–H groups in total. The van der Waals surface area contributed by atoms with Gasteiger partial charge in [0.25, 0.3) is 0 Å². The monoisotopic (exact) mass is 259 g/mol. The minimum atomic E-state index is -0.403. The molecule has 0 aliphatic heterocycles. The van der Waals surface area contributed by atoms with Crippen molar-refractivity contribution >= 4 is 15.9 Å². The number of hydrogen-bond donors (Lipinski definition) is 2. The average molecular weight is 260 g/mol. The van der Waals surface area contributed by atoms with Crippen molar-refractivity contribution in [2.45, 2.75) is 31.2 Å². The number of halogens is 1. The molecule has 0 bridgehead atoms. The molecule has 1 aliphatic carbocycles. The van der Waals surface area contributed by atoms with Gasteiger partial charge in [0.1, 0.15) is 11.5 Å². The molecule has 1 atom stereocenters. The van der Waals surface area contributed by atoms with Gasteiger partial charge >= 0.3 is 0 Å². The van der Waals surface area contributed by atoms with E-state index in [9.17, 15) is 0 Å². The van der Waals surface area contributed by atoms with Crippen molar-refractivity contribution in [3.05, 3.63) is 22.1 Å². The molecule has 1 heterocycles. The summed E-state index contributed by atoms with van der Waals surface area (Å²) in [6.07, 6.45) is 3.67. The van der Waals surface area contributed by atoms with Crippen molar-refractivity contribution in [3.63, 3.8) is 0 Å². The quantitative estimate of drug-likeness (QED) is 0.876. The molecule has 0 saturated heterocycles. The molecule has 4 heteroatoms. The first-order chi connectivity index (χ1) is 6.72. The van der Waals surface area contributed by atoms with Crippen LogP contribution in [0.4, 0.5) is 0 Å². The first-order valence-corrected chi connectivity index (χ1v) is 5.67. The third kappa shape index (κ3) is 1.74. The highest BCUT2D eigenvalue weighted by atomic mass is 79.9. The van der Waals surface area contributed by atoms with Crippen molar-refractivity contribution in [2.75, 3.05) is 6.61 Å². The van der Waals surface area contributed by atoms with Crippen molar-refractivity contribution in [1.82, 2.24) is 0 Å². The van der Waals surface area contributed by atoms with E-state index in [-0.39, 0.29) is 6.61 Å². The lowest BCUT2D eigenvalue weighted by Crippen LogP contribution is -2.13. The lowest BCUT2D eigenvalue weighted by molar-refractivity contribution is 0.244. The summed E-state index contributed by atoms with van der Waals surface area (Å²) < 4.78 is 6.63. The fourth-order valence-electron chi connectivity index (χ4n) is 1.62. The highest BCUT2D eigenvalue weighted by Crippen LogP contribution is 2.41. The molecule has 2 rings (SSSR count). The number of hydrogen-bond acceptors (Lipinski definition) is 3. The summed E-state index contributed by atoms with van der Waals surface area (Å²) >= 11 is 3.46. The van der Waals surface area contributed by atoms with Crippen LogP contribution in [0.1, 0.15) is 42.7 Å². The van der Waals surface area contributed by atoms with Gasteiger partial charge in [-0.15, -0.1) is 0 Å². The molecule has 0 aromatic carbocycles. The largest absolute Gasteiger partial charge is 0.463 e. The third-order valence-corrected chi connectivity index (χ3v) is 3.39. The maximum absolute atomic E-state index is 8.90. The Labute approximate surface area is 91.4 Å². The molecule has 1 unspecified atom stereocenters. The summed E-state index contributed by atoms with van der Waals surface area (Å²) in [5.41, 5.74) is 5.67. The summed E-state index contributed by atoms with van der Waals surface area (Å²) in [4.78, 5) is 0. The van der Waals surface area contributed by atoms with E-state index in [1.54, 1.807) is 0 Å². The van der Waals surface area contributed by atoms with Gasteiger partial charge in [-0.1, -0.05) is 6.42 Å². The normalized spacial score (nSPS) is 19.4. The van der Waals surface area contributed by atoms with E-state index in [0.29, 0.717) is 11.7 Å². The second-order valence-corrected chi connectivity index (χ2v) is 4.63. The van der Waals surface area contributed by atoms with E-state index in [2.05, 4.69) is 15.9 Å². The maximum Gasteiger partial charge on any atom is 0.124 e. The predicted molar refractivity (Wildman–Crippen MR) is 57.0 cm³/mol. The van der Waals surface area contributed by atoms with Crippen LogP contribution in [0.25, 0.3) is 0 Å². The van der Waals surface area contributed by atoms with Gasteiger partial charge in [0.15, 0.2) is 0 Å². The number of rotatable bonds is 3. The molecule has 1 aromatic rings. The van der Waals surface area contributed by atoms with Crippen LogP contribution in [0.5, 0.6) is 0 Å². The van der Waals surface area contributed by atoms with Crippen LogP contribution in [0.2, 0.25) is 0 Å². The van der Waals surface area contributed by atoms with Gasteiger partial charge in [-0.3, -0.25) is 0 Å². The first kappa shape index (κ1) is 10.2. The summed E-state index contributed by atoms with van der Waals surface area (Å²) in [5.74, 6) is 2.21. The van der Waals surface area contributed by atoms with Crippen LogP contribution in [0.15, 0.2) is 15.0 Å². The molecule has 1 fully saturated rings. The molecule has 0 radical (unpaired) electrons. The highest BCUT2D eigenvalue weighted by molar-refractivity contribution is 9.10. The molecule has 0 amide bonds. The molecule has 78 valence electrons. The molecule has 3 nitrogen and oxygen atoms in total. The predicted octanol–water partition coefficient (Wildman–Crippen LogP) is 2.30. The number of aliphatic hydroxyl groups is 1. The Kier molecular flexibility index (Phi) is 2.95. The van der Waals surface area contributed by atoms with Crippen molar-refractivity contribution in [3.8, 4) is 0 Å². The van der Waals surface area contributed by atoms with Crippen molar-refractivity contribution < 1.29 is 9.52 Å². The topological polar surface area (TPSA) is 59.4 Å². The highest BCUT2D eigenvalue weighted by Gasteiger charge is 2.26. The number of nitrogens with two attached hydrogens (primary N) is 1. The van der Waals surface area contributed by atoms with E-state index < -0.39 is 6.04 Å². The summed E-state index contributed by atoms with van der Waals surface area (Å²) in [5, 5.41) is 8.90. The van der Waals surface area contributed by atoms with Crippen LogP contribution in [0.3, 0.4) is 0 Å². The first-order valence-electron chi connectivity index (χ1n) is 4.88. The van der Waals surface area contributed by atoms with Crippen LogP contribution in [0, 0.1) is 0 Å². The Balaban J connectivity index is 2.20. The molecular weight excluding hydrogens is 246 g/mol. The average Bonchev–Trinajstić information content (AvgIpc) is 2.44. The minimum Gasteiger partial charge on any atom is -0.463 e. The summed E-state index contributed by atoms with van der Waals surface area (Å²) in [6, 6.07) is 1.47. The lowest BCUT2D eigenvalue weighted by atomic mass is 9.84. The molecular formula is C10H14BrNO2. The molecule has 0 spiro atoms. The smallest absolute Gasteiger partial charge is 0.124 e. The fourth-order valence-corrected chi connectivity index (χ4v) is 2.25. The van der Waals surface area contributed by atoms with Gasteiger partial charge in [0.05, 0.1) is 17.1 Å². The van der Waals surface area contributed by atoms with Gasteiger partial charge in [0.2, 0.25) is 0 Å². The van der Waals surface area contributed by atoms with Gasteiger partial charge < -0.3 is 15.3 Å². The van der Waals surface area contributed by atoms with Crippen LogP contribution in [-0.2, 0) is 0 Å². The Morgan fingerprint density at radius 3 is 2.86 bits per heavy atom. The lowest BCUT2D eigenvalue weighted by Gasteiger charge is -2.23. The third-order valence-electron chi connectivity index (χ3n) is 2.77. The van der Waals surface area contributed by atoms with Gasteiger partial charge in [-0.05, 0) is 34.8 Å². The number of furan rings is 1. The Bertz CT molecular complexity index is 320. The molecule has 1 aromatic heterocycles. The van der Waals surface area contributed by atoms with Gasteiger partial charge in [-0.25, -0.2) is 0 Å². The maximum atomic E-state index is 8.90. The molecule has 14 heavy (non-hydrogen) atoms. The van der Waals surface area contributed by atoms with Crippen LogP contribution >= 0.6 is 15.9 Å². The van der Waals surface area contributed by atoms with Gasteiger partial charge in [-0.2, -0.15) is 0 Å². The molecule has 1 aliphatic rings. The van der Waals surface area contributed by atoms with Crippen LogP contribution < -0.4 is 5.73 Å². The SMILES string of the molecule is NC(CO)c1cc(Br)c(C2CCC2)o1. The minimum absolute atomic E-state index is 0.0793. The van der Waals surface area contributed by atoms with E-state index in [0.717, 1.165) is 10.2 Å². The zero-order valence-corrected chi connectivity index (χ0v) is 9.46. The molecule has 1 saturated carbocycles. The fraction of sp³-hybridized carbons (Fsp3) is 0.600. The zero-order chi connectivity index (χ0) is 10.1. The van der Waals surface area contributed by atoms with Crippen LogP contribution in [-0.4, -0.2) is 11.7 Å². The number of aliphatic hydroxyl groups excluding tert-OH is 1.